The lowest BCUT2D eigenvalue weighted by atomic mass is 9.90. The highest BCUT2D eigenvalue weighted by atomic mass is 19.1. The zero-order valence-corrected chi connectivity index (χ0v) is 12.0. The molecular formula is C16H17FN4O. The van der Waals surface area contributed by atoms with E-state index in [2.05, 4.69) is 9.97 Å². The summed E-state index contributed by atoms with van der Waals surface area (Å²) in [5.74, 6) is 0.209. The molecule has 1 fully saturated rings. The molecule has 1 aromatic heterocycles. The predicted molar refractivity (Wildman–Crippen MR) is 79.6 cm³/mol. The van der Waals surface area contributed by atoms with Gasteiger partial charge in [0.2, 0.25) is 0 Å². The molecule has 0 bridgehead atoms. The zero-order valence-electron chi connectivity index (χ0n) is 12.0. The zero-order chi connectivity index (χ0) is 15.5. The molecule has 114 valence electrons. The number of piperidine rings is 1. The second kappa shape index (κ2) is 6.16. The van der Waals surface area contributed by atoms with E-state index in [0.29, 0.717) is 24.6 Å². The van der Waals surface area contributed by atoms with Gasteiger partial charge in [-0.05, 0) is 30.9 Å². The van der Waals surface area contributed by atoms with Crippen LogP contribution in [-0.2, 0) is 0 Å². The standard InChI is InChI=1S/C16H17FN4O/c17-13-2-1-3-14(12(13)10-18)21-8-4-11(5-9-21)15(22)16-19-6-7-20-16/h1-3,6-7,11,15,22H,4-5,8-9H2,(H,19,20). The van der Waals surface area contributed by atoms with Crippen molar-refractivity contribution in [2.24, 2.45) is 5.92 Å². The van der Waals surface area contributed by atoms with E-state index in [1.54, 1.807) is 24.5 Å². The van der Waals surface area contributed by atoms with Gasteiger partial charge in [-0.15, -0.1) is 0 Å². The number of halogens is 1. The summed E-state index contributed by atoms with van der Waals surface area (Å²) < 4.78 is 13.7. The third-order valence-electron chi connectivity index (χ3n) is 4.23. The minimum Gasteiger partial charge on any atom is -0.385 e. The average Bonchev–Trinajstić information content (AvgIpc) is 3.08. The van der Waals surface area contributed by atoms with Crippen LogP contribution < -0.4 is 4.90 Å². The van der Waals surface area contributed by atoms with Crippen molar-refractivity contribution in [3.8, 4) is 6.07 Å². The number of rotatable bonds is 3. The number of nitrogens with one attached hydrogen (secondary N) is 1. The first-order valence-corrected chi connectivity index (χ1v) is 7.31. The number of aliphatic hydroxyl groups excluding tert-OH is 1. The van der Waals surface area contributed by atoms with E-state index >= 15 is 0 Å². The van der Waals surface area contributed by atoms with Crippen LogP contribution in [0, 0.1) is 23.1 Å². The molecule has 2 heterocycles. The number of aliphatic hydroxyl groups is 1. The molecule has 1 unspecified atom stereocenters. The summed E-state index contributed by atoms with van der Waals surface area (Å²) in [6.07, 6.45) is 4.24. The Kier molecular flexibility index (Phi) is 4.07. The normalized spacial score (nSPS) is 17.2. The fraction of sp³-hybridized carbons (Fsp3) is 0.375. The Hall–Kier alpha value is -2.39. The molecule has 1 atom stereocenters. The van der Waals surface area contributed by atoms with Crippen molar-refractivity contribution in [1.29, 1.82) is 5.26 Å². The van der Waals surface area contributed by atoms with Crippen LogP contribution in [0.4, 0.5) is 10.1 Å². The quantitative estimate of drug-likeness (QED) is 0.912. The van der Waals surface area contributed by atoms with E-state index in [4.69, 9.17) is 5.26 Å². The van der Waals surface area contributed by atoms with Gasteiger partial charge in [0.1, 0.15) is 29.4 Å². The van der Waals surface area contributed by atoms with Gasteiger partial charge in [-0.3, -0.25) is 0 Å². The molecule has 0 aliphatic carbocycles. The number of nitriles is 1. The Morgan fingerprint density at radius 3 is 2.82 bits per heavy atom. The SMILES string of the molecule is N#Cc1c(F)cccc1N1CCC(C(O)c2ncc[nH]2)CC1. The van der Waals surface area contributed by atoms with Gasteiger partial charge in [-0.25, -0.2) is 9.37 Å². The molecule has 0 radical (unpaired) electrons. The number of anilines is 1. The van der Waals surface area contributed by atoms with Gasteiger partial charge >= 0.3 is 0 Å². The Bertz CT molecular complexity index is 672. The summed E-state index contributed by atoms with van der Waals surface area (Å²) in [4.78, 5) is 9.04. The third kappa shape index (κ3) is 2.68. The summed E-state index contributed by atoms with van der Waals surface area (Å²) in [5.41, 5.74) is 0.723. The first-order valence-electron chi connectivity index (χ1n) is 7.31. The molecule has 2 N–H and O–H groups in total. The first kappa shape index (κ1) is 14.5. The fourth-order valence-corrected chi connectivity index (χ4v) is 3.01. The average molecular weight is 300 g/mol. The molecule has 22 heavy (non-hydrogen) atoms. The van der Waals surface area contributed by atoms with Gasteiger partial charge in [0.25, 0.3) is 0 Å². The van der Waals surface area contributed by atoms with Crippen LogP contribution in [-0.4, -0.2) is 28.2 Å². The van der Waals surface area contributed by atoms with Crippen LogP contribution in [0.5, 0.6) is 0 Å². The van der Waals surface area contributed by atoms with Gasteiger partial charge in [0.15, 0.2) is 0 Å². The highest BCUT2D eigenvalue weighted by Crippen LogP contribution is 2.32. The molecule has 0 spiro atoms. The molecule has 2 aromatic rings. The number of H-pyrrole nitrogens is 1. The van der Waals surface area contributed by atoms with Crippen molar-refractivity contribution in [1.82, 2.24) is 9.97 Å². The van der Waals surface area contributed by atoms with Crippen LogP contribution in [0.25, 0.3) is 0 Å². The van der Waals surface area contributed by atoms with E-state index in [1.165, 1.54) is 6.07 Å². The highest BCUT2D eigenvalue weighted by Gasteiger charge is 2.28. The second-order valence-electron chi connectivity index (χ2n) is 5.49. The molecule has 0 amide bonds. The summed E-state index contributed by atoms with van der Waals surface area (Å²) >= 11 is 0. The van der Waals surface area contributed by atoms with Gasteiger partial charge in [0.05, 0.1) is 5.69 Å². The summed E-state index contributed by atoms with van der Waals surface area (Å²) in [5, 5.41) is 19.4. The molecule has 5 nitrogen and oxygen atoms in total. The molecule has 3 rings (SSSR count). The van der Waals surface area contributed by atoms with E-state index in [9.17, 15) is 9.50 Å². The van der Waals surface area contributed by atoms with Crippen molar-refractivity contribution in [3.63, 3.8) is 0 Å². The van der Waals surface area contributed by atoms with Crippen LogP contribution >= 0.6 is 0 Å². The monoisotopic (exact) mass is 300 g/mol. The Labute approximate surface area is 128 Å². The van der Waals surface area contributed by atoms with Gasteiger partial charge in [-0.1, -0.05) is 6.07 Å². The highest BCUT2D eigenvalue weighted by molar-refractivity contribution is 5.60. The van der Waals surface area contributed by atoms with Crippen LogP contribution in [0.2, 0.25) is 0 Å². The number of imidazole rings is 1. The van der Waals surface area contributed by atoms with Crippen molar-refractivity contribution in [2.45, 2.75) is 18.9 Å². The van der Waals surface area contributed by atoms with Crippen molar-refractivity contribution in [2.75, 3.05) is 18.0 Å². The van der Waals surface area contributed by atoms with Crippen molar-refractivity contribution in [3.05, 3.63) is 47.8 Å². The van der Waals surface area contributed by atoms with Crippen molar-refractivity contribution >= 4 is 5.69 Å². The maximum Gasteiger partial charge on any atom is 0.143 e. The molecule has 0 saturated carbocycles. The smallest absolute Gasteiger partial charge is 0.143 e. The summed E-state index contributed by atoms with van der Waals surface area (Å²) in [7, 11) is 0. The lowest BCUT2D eigenvalue weighted by Crippen LogP contribution is -2.36. The van der Waals surface area contributed by atoms with Crippen LogP contribution in [0.3, 0.4) is 0 Å². The van der Waals surface area contributed by atoms with E-state index in [1.807, 2.05) is 11.0 Å². The lowest BCUT2D eigenvalue weighted by molar-refractivity contribution is 0.0857. The second-order valence-corrected chi connectivity index (χ2v) is 5.49. The minimum atomic E-state index is -0.611. The molecule has 1 aromatic carbocycles. The minimum absolute atomic E-state index is 0.0903. The number of benzene rings is 1. The van der Waals surface area contributed by atoms with E-state index in [0.717, 1.165) is 12.8 Å². The van der Waals surface area contributed by atoms with Crippen molar-refractivity contribution < 1.29 is 9.50 Å². The molecule has 1 aliphatic rings. The maximum absolute atomic E-state index is 13.7. The molecule has 1 aliphatic heterocycles. The van der Waals surface area contributed by atoms with E-state index < -0.39 is 11.9 Å². The first-order chi connectivity index (χ1) is 10.7. The fourth-order valence-electron chi connectivity index (χ4n) is 3.01. The van der Waals surface area contributed by atoms with Crippen LogP contribution in [0.15, 0.2) is 30.6 Å². The van der Waals surface area contributed by atoms with Crippen LogP contribution in [0.1, 0.15) is 30.3 Å². The number of aromatic amines is 1. The molecular weight excluding hydrogens is 283 g/mol. The molecule has 1 saturated heterocycles. The predicted octanol–water partition coefficient (Wildman–Crippen LogP) is 2.37. The third-order valence-corrected chi connectivity index (χ3v) is 4.23. The lowest BCUT2D eigenvalue weighted by Gasteiger charge is -2.35. The largest absolute Gasteiger partial charge is 0.385 e. The summed E-state index contributed by atoms with van der Waals surface area (Å²) in [6.45, 7) is 1.36. The summed E-state index contributed by atoms with van der Waals surface area (Å²) in [6, 6.07) is 6.63. The maximum atomic E-state index is 13.7. The van der Waals surface area contributed by atoms with Gasteiger partial charge in [0, 0.05) is 25.5 Å². The Balaban J connectivity index is 1.70. The number of hydrogen-bond acceptors (Lipinski definition) is 4. The Morgan fingerprint density at radius 2 is 2.18 bits per heavy atom. The van der Waals surface area contributed by atoms with Gasteiger partial charge < -0.3 is 15.0 Å². The van der Waals surface area contributed by atoms with E-state index in [-0.39, 0.29) is 11.5 Å². The number of aromatic nitrogens is 2. The molecule has 6 heteroatoms. The Morgan fingerprint density at radius 1 is 1.41 bits per heavy atom. The topological polar surface area (TPSA) is 75.9 Å². The number of hydrogen-bond donors (Lipinski definition) is 2. The number of nitrogens with zero attached hydrogens (tertiary/aromatic N) is 3. The van der Waals surface area contributed by atoms with Gasteiger partial charge in [-0.2, -0.15) is 5.26 Å².